The summed E-state index contributed by atoms with van der Waals surface area (Å²) in [6, 6.07) is 4.31. The Morgan fingerprint density at radius 2 is 2.23 bits per heavy atom. The van der Waals surface area contributed by atoms with E-state index in [4.69, 9.17) is 28.9 Å². The number of halogens is 3. The van der Waals surface area contributed by atoms with E-state index in [1.54, 1.807) is 6.07 Å². The van der Waals surface area contributed by atoms with Gasteiger partial charge >= 0.3 is 0 Å². The summed E-state index contributed by atoms with van der Waals surface area (Å²) in [5.41, 5.74) is 5.65. The van der Waals surface area contributed by atoms with Crippen LogP contribution in [0.15, 0.2) is 23.2 Å². The van der Waals surface area contributed by atoms with Crippen molar-refractivity contribution in [1.29, 1.82) is 0 Å². The van der Waals surface area contributed by atoms with Crippen molar-refractivity contribution in [3.8, 4) is 0 Å². The molecular weight excluding hydrogens is 214 g/mol. The van der Waals surface area contributed by atoms with Gasteiger partial charge in [0.05, 0.1) is 11.6 Å². The summed E-state index contributed by atoms with van der Waals surface area (Å²) < 4.78 is 12.9. The molecule has 0 saturated carbocycles. The van der Waals surface area contributed by atoms with Crippen molar-refractivity contribution in [2.24, 2.45) is 10.7 Å². The number of hydrogen-bond acceptors (Lipinski definition) is 1. The normalized spacial score (nSPS) is 11.8. The van der Waals surface area contributed by atoms with Crippen molar-refractivity contribution in [2.45, 2.75) is 0 Å². The topological polar surface area (TPSA) is 38.4 Å². The zero-order valence-electron chi connectivity index (χ0n) is 6.60. The summed E-state index contributed by atoms with van der Waals surface area (Å²) in [6.45, 7) is 0. The fraction of sp³-hybridized carbons (Fsp3) is 0.125. The molecule has 1 aromatic carbocycles. The van der Waals surface area contributed by atoms with Gasteiger partial charge in [0.2, 0.25) is 0 Å². The molecule has 0 aromatic heterocycles. The zero-order chi connectivity index (χ0) is 9.84. The second-order valence-corrected chi connectivity index (χ2v) is 2.95. The van der Waals surface area contributed by atoms with Crippen LogP contribution in [-0.4, -0.2) is 11.7 Å². The maximum absolute atomic E-state index is 12.9. The van der Waals surface area contributed by atoms with Crippen molar-refractivity contribution in [3.05, 3.63) is 29.0 Å². The smallest absolute Gasteiger partial charge is 0.143 e. The molecule has 0 heterocycles. The van der Waals surface area contributed by atoms with Crippen LogP contribution in [0, 0.1) is 5.82 Å². The van der Waals surface area contributed by atoms with E-state index in [0.717, 1.165) is 0 Å². The molecule has 5 heteroatoms. The minimum atomic E-state index is -0.523. The van der Waals surface area contributed by atoms with Crippen LogP contribution < -0.4 is 5.73 Å². The van der Waals surface area contributed by atoms with Crippen LogP contribution in [-0.2, 0) is 0 Å². The number of benzene rings is 1. The van der Waals surface area contributed by atoms with Gasteiger partial charge in [-0.2, -0.15) is 0 Å². The average Bonchev–Trinajstić information content (AvgIpc) is 2.13. The Labute approximate surface area is 85.2 Å². The molecule has 0 radical (unpaired) electrons. The minimum absolute atomic E-state index is 0.0458. The molecule has 0 atom stereocenters. The van der Waals surface area contributed by atoms with Crippen molar-refractivity contribution < 1.29 is 4.39 Å². The monoisotopic (exact) mass is 220 g/mol. The first-order valence-electron chi connectivity index (χ1n) is 3.48. The van der Waals surface area contributed by atoms with Crippen LogP contribution >= 0.6 is 23.2 Å². The van der Waals surface area contributed by atoms with Crippen LogP contribution in [0.3, 0.4) is 0 Å². The Hall–Kier alpha value is -0.800. The fourth-order valence-corrected chi connectivity index (χ4v) is 0.991. The third-order valence-corrected chi connectivity index (χ3v) is 1.98. The molecule has 70 valence electrons. The number of aliphatic imine (C=N–C) groups is 1. The number of nitrogens with zero attached hydrogens (tertiary/aromatic N) is 1. The van der Waals surface area contributed by atoms with Crippen molar-refractivity contribution in [1.82, 2.24) is 0 Å². The van der Waals surface area contributed by atoms with Gasteiger partial charge in [-0.05, 0) is 12.1 Å². The van der Waals surface area contributed by atoms with Crippen molar-refractivity contribution >= 4 is 34.7 Å². The predicted octanol–water partition coefficient (Wildman–Crippen LogP) is 2.71. The second-order valence-electron chi connectivity index (χ2n) is 2.31. The van der Waals surface area contributed by atoms with Gasteiger partial charge in [-0.3, -0.25) is 0 Å². The predicted molar refractivity (Wildman–Crippen MR) is 53.4 cm³/mol. The molecule has 0 fully saturated rings. The first-order chi connectivity index (χ1) is 6.15. The summed E-state index contributed by atoms with van der Waals surface area (Å²) in [5, 5.41) is -0.0458. The quantitative estimate of drug-likeness (QED) is 0.465. The van der Waals surface area contributed by atoms with E-state index in [0.29, 0.717) is 5.69 Å². The standard InChI is InChI=1S/C8H7Cl2FN2/c9-4-7(12)13-6-3-1-2-5(11)8(6)10/h1-3H,4H2,(H2,12,13). The summed E-state index contributed by atoms with van der Waals surface area (Å²) in [7, 11) is 0. The Morgan fingerprint density at radius 1 is 1.54 bits per heavy atom. The molecule has 13 heavy (non-hydrogen) atoms. The Bertz CT molecular complexity index is 339. The average molecular weight is 221 g/mol. The Kier molecular flexibility index (Phi) is 3.51. The summed E-state index contributed by atoms with van der Waals surface area (Å²) in [5.74, 6) is -0.230. The maximum atomic E-state index is 12.9. The van der Waals surface area contributed by atoms with Gasteiger partial charge in [0.1, 0.15) is 16.7 Å². The number of rotatable bonds is 2. The fourth-order valence-electron chi connectivity index (χ4n) is 0.763. The first kappa shape index (κ1) is 10.3. The lowest BCUT2D eigenvalue weighted by Crippen LogP contribution is -2.12. The lowest BCUT2D eigenvalue weighted by atomic mass is 10.3. The van der Waals surface area contributed by atoms with E-state index in [1.165, 1.54) is 12.1 Å². The number of nitrogens with two attached hydrogens (primary N) is 1. The zero-order valence-corrected chi connectivity index (χ0v) is 8.11. The maximum Gasteiger partial charge on any atom is 0.143 e. The number of amidine groups is 1. The highest BCUT2D eigenvalue weighted by Crippen LogP contribution is 2.26. The molecule has 2 N–H and O–H groups in total. The Balaban J connectivity index is 3.09. The molecule has 1 aromatic rings. The third kappa shape index (κ3) is 2.57. The lowest BCUT2D eigenvalue weighted by molar-refractivity contribution is 0.628. The van der Waals surface area contributed by atoms with Crippen LogP contribution in [0.1, 0.15) is 0 Å². The van der Waals surface area contributed by atoms with Gasteiger partial charge in [-0.15, -0.1) is 11.6 Å². The third-order valence-electron chi connectivity index (χ3n) is 1.33. The number of hydrogen-bond donors (Lipinski definition) is 1. The summed E-state index contributed by atoms with van der Waals surface area (Å²) >= 11 is 11.0. The van der Waals surface area contributed by atoms with E-state index in [1.807, 2.05) is 0 Å². The highest BCUT2D eigenvalue weighted by atomic mass is 35.5. The molecule has 0 spiro atoms. The Morgan fingerprint density at radius 3 is 2.85 bits per heavy atom. The largest absolute Gasteiger partial charge is 0.386 e. The van der Waals surface area contributed by atoms with E-state index in [2.05, 4.69) is 4.99 Å². The first-order valence-corrected chi connectivity index (χ1v) is 4.39. The lowest BCUT2D eigenvalue weighted by Gasteiger charge is -1.99. The SMILES string of the molecule is NC(CCl)=Nc1cccc(F)c1Cl. The van der Waals surface area contributed by atoms with Crippen LogP contribution in [0.4, 0.5) is 10.1 Å². The van der Waals surface area contributed by atoms with Gasteiger partial charge in [0.15, 0.2) is 0 Å². The van der Waals surface area contributed by atoms with Crippen LogP contribution in [0.5, 0.6) is 0 Å². The molecule has 0 aliphatic carbocycles. The van der Waals surface area contributed by atoms with Gasteiger partial charge in [0, 0.05) is 0 Å². The van der Waals surface area contributed by atoms with Crippen LogP contribution in [0.2, 0.25) is 5.02 Å². The van der Waals surface area contributed by atoms with E-state index in [9.17, 15) is 4.39 Å². The highest BCUT2D eigenvalue weighted by molar-refractivity contribution is 6.33. The molecule has 0 unspecified atom stereocenters. The van der Waals surface area contributed by atoms with Crippen molar-refractivity contribution in [3.63, 3.8) is 0 Å². The van der Waals surface area contributed by atoms with E-state index in [-0.39, 0.29) is 16.7 Å². The molecule has 0 aliphatic rings. The van der Waals surface area contributed by atoms with Gasteiger partial charge in [0.25, 0.3) is 0 Å². The molecule has 2 nitrogen and oxygen atoms in total. The molecule has 0 aliphatic heterocycles. The molecule has 1 rings (SSSR count). The van der Waals surface area contributed by atoms with Gasteiger partial charge in [-0.25, -0.2) is 9.38 Å². The summed E-state index contributed by atoms with van der Waals surface area (Å²) in [4.78, 5) is 3.83. The van der Waals surface area contributed by atoms with Crippen molar-refractivity contribution in [2.75, 3.05) is 5.88 Å². The van der Waals surface area contributed by atoms with Gasteiger partial charge < -0.3 is 5.73 Å². The summed E-state index contributed by atoms with van der Waals surface area (Å²) in [6.07, 6.45) is 0. The molecule has 0 bridgehead atoms. The van der Waals surface area contributed by atoms with E-state index < -0.39 is 5.82 Å². The minimum Gasteiger partial charge on any atom is -0.386 e. The number of alkyl halides is 1. The van der Waals surface area contributed by atoms with E-state index >= 15 is 0 Å². The second kappa shape index (κ2) is 4.44. The molecule has 0 amide bonds. The molecular formula is C8H7Cl2FN2. The van der Waals surface area contributed by atoms with Crippen LogP contribution in [0.25, 0.3) is 0 Å². The highest BCUT2D eigenvalue weighted by Gasteiger charge is 2.04. The van der Waals surface area contributed by atoms with Gasteiger partial charge in [-0.1, -0.05) is 17.7 Å². The molecule has 0 saturated heterocycles.